The number of anilines is 2. The molecule has 5 N–H and O–H groups in total. The van der Waals surface area contributed by atoms with Crippen LogP contribution in [-0.2, 0) is 0 Å². The lowest BCUT2D eigenvalue weighted by atomic mass is 10.0. The first-order chi connectivity index (χ1) is 20.7. The highest BCUT2D eigenvalue weighted by atomic mass is 79.9. The molecule has 0 atom stereocenters. The maximum Gasteiger partial charge on any atom is 0.300 e. The second-order valence-electron chi connectivity index (χ2n) is 9.03. The Morgan fingerprint density at radius 2 is 1.51 bits per heavy atom. The zero-order chi connectivity index (χ0) is 30.2. The Morgan fingerprint density at radius 3 is 2.19 bits per heavy atom. The fraction of sp³-hybridized carbons (Fsp3) is 0. The molecule has 5 aromatic heterocycles. The van der Waals surface area contributed by atoms with Crippen molar-refractivity contribution in [2.45, 2.75) is 0 Å². The number of hydrogen-bond acceptors (Lipinski definition) is 9. The van der Waals surface area contributed by atoms with E-state index in [0.29, 0.717) is 32.0 Å². The summed E-state index contributed by atoms with van der Waals surface area (Å²) < 4.78 is 36.2. The van der Waals surface area contributed by atoms with E-state index in [1.807, 2.05) is 0 Å². The number of nitrogens with two attached hydrogens (primary N) is 2. The van der Waals surface area contributed by atoms with Gasteiger partial charge in [0.1, 0.15) is 17.2 Å². The number of rotatable bonds is 5. The lowest BCUT2D eigenvalue weighted by Crippen LogP contribution is -2.08. The zero-order valence-electron chi connectivity index (χ0n) is 21.6. The van der Waals surface area contributed by atoms with Crippen molar-refractivity contribution in [2.24, 2.45) is 11.5 Å². The summed E-state index contributed by atoms with van der Waals surface area (Å²) in [6, 6.07) is 12.1. The van der Waals surface area contributed by atoms with Gasteiger partial charge in [-0.2, -0.15) is 4.98 Å². The van der Waals surface area contributed by atoms with Gasteiger partial charge in [-0.1, -0.05) is 6.07 Å². The number of primary amides is 2. The molecule has 0 aliphatic heterocycles. The first kappa shape index (κ1) is 28.3. The molecule has 0 bridgehead atoms. The molecule has 0 saturated heterocycles. The summed E-state index contributed by atoms with van der Waals surface area (Å²) in [5.41, 5.74) is 12.7. The fourth-order valence-corrected chi connectivity index (χ4v) is 6.61. The van der Waals surface area contributed by atoms with Gasteiger partial charge in [0.2, 0.25) is 0 Å². The number of fused-ring (bicyclic) bond motifs is 3. The molecule has 7 aromatic rings. The first-order valence-electron chi connectivity index (χ1n) is 12.3. The van der Waals surface area contributed by atoms with E-state index < -0.39 is 23.4 Å². The van der Waals surface area contributed by atoms with Crippen LogP contribution in [0.2, 0.25) is 0 Å². The van der Waals surface area contributed by atoms with E-state index in [0.717, 1.165) is 24.6 Å². The van der Waals surface area contributed by atoms with Gasteiger partial charge in [0.15, 0.2) is 5.58 Å². The minimum atomic E-state index is -0.539. The van der Waals surface area contributed by atoms with Crippen LogP contribution in [-0.4, -0.2) is 26.8 Å². The predicted octanol–water partition coefficient (Wildman–Crippen LogP) is 7.38. The van der Waals surface area contributed by atoms with E-state index in [1.165, 1.54) is 46.9 Å². The number of aromatic nitrogens is 3. The molecular weight excluding hydrogens is 662 g/mol. The SMILES string of the molecule is NC(=O)c1cc2c(-c3ccc(Nc4nc5cc(F)ccc5o4)c(F)c3)cncc2s1.NC(=O)c1cc2c(Br)cncc2s1. The number of oxazole rings is 1. The van der Waals surface area contributed by atoms with E-state index in [4.69, 9.17) is 15.9 Å². The topological polar surface area (TPSA) is 150 Å². The number of thiophene rings is 2. The average molecular weight is 680 g/mol. The van der Waals surface area contributed by atoms with Gasteiger partial charge in [0.05, 0.1) is 24.8 Å². The second-order valence-corrected chi connectivity index (χ2v) is 12.1. The second kappa shape index (κ2) is 11.5. The number of carbonyl (C=O) groups excluding carboxylic acids is 2. The molecule has 7 rings (SSSR count). The number of nitrogens with one attached hydrogen (secondary N) is 1. The van der Waals surface area contributed by atoms with E-state index in [9.17, 15) is 18.4 Å². The number of amides is 2. The van der Waals surface area contributed by atoms with Crippen molar-refractivity contribution >= 4 is 93.4 Å². The van der Waals surface area contributed by atoms with Crippen molar-refractivity contribution in [3.8, 4) is 11.1 Å². The Morgan fingerprint density at radius 1 is 0.837 bits per heavy atom. The largest absolute Gasteiger partial charge is 0.423 e. The highest BCUT2D eigenvalue weighted by Gasteiger charge is 2.15. The maximum absolute atomic E-state index is 14.8. The number of carbonyl (C=O) groups is 2. The summed E-state index contributed by atoms with van der Waals surface area (Å²) >= 11 is 5.94. The smallest absolute Gasteiger partial charge is 0.300 e. The fourth-order valence-electron chi connectivity index (χ4n) is 4.21. The normalized spacial score (nSPS) is 11.0. The molecule has 14 heteroatoms. The third-order valence-electron chi connectivity index (χ3n) is 6.20. The molecule has 0 aliphatic rings. The minimum Gasteiger partial charge on any atom is -0.423 e. The Balaban J connectivity index is 0.000000211. The monoisotopic (exact) mass is 678 g/mol. The molecule has 0 saturated carbocycles. The highest BCUT2D eigenvalue weighted by molar-refractivity contribution is 9.10. The van der Waals surface area contributed by atoms with Crippen LogP contribution in [0.4, 0.5) is 20.5 Å². The zero-order valence-corrected chi connectivity index (χ0v) is 24.8. The molecular formula is C29H17BrF2N6O3S2. The van der Waals surface area contributed by atoms with Crippen molar-refractivity contribution in [3.63, 3.8) is 0 Å². The Bertz CT molecular complexity index is 2200. The molecule has 0 spiro atoms. The van der Waals surface area contributed by atoms with Gasteiger partial charge >= 0.3 is 0 Å². The van der Waals surface area contributed by atoms with Gasteiger partial charge in [0, 0.05) is 51.7 Å². The van der Waals surface area contributed by atoms with Crippen LogP contribution in [0.25, 0.3) is 42.4 Å². The molecule has 0 aliphatic carbocycles. The molecule has 0 unspecified atom stereocenters. The number of hydrogen-bond donors (Lipinski definition) is 3. The molecule has 0 fully saturated rings. The lowest BCUT2D eigenvalue weighted by Gasteiger charge is -2.07. The standard InChI is InChI=1S/C21H12F2N4O2S.C8H5BrN2OS/c22-11-2-4-17-16(6-11)27-21(29-17)26-15-3-1-10(5-14(15)23)13-8-25-9-19-12(13)7-18(30-19)20(24)28;9-5-2-11-3-7-4(5)1-6(13-7)8(10)12/h1-9H,(H2,24,28)(H,26,27);1-3H,(H2,10,12). The van der Waals surface area contributed by atoms with Gasteiger partial charge in [0.25, 0.3) is 17.8 Å². The Labute approximate surface area is 257 Å². The summed E-state index contributed by atoms with van der Waals surface area (Å²) in [4.78, 5) is 35.6. The quantitative estimate of drug-likeness (QED) is 0.172. The summed E-state index contributed by atoms with van der Waals surface area (Å²) in [5, 5.41) is 4.51. The van der Waals surface area contributed by atoms with Crippen molar-refractivity contribution in [1.82, 2.24) is 15.0 Å². The number of pyridine rings is 2. The predicted molar refractivity (Wildman–Crippen MR) is 167 cm³/mol. The third kappa shape index (κ3) is 5.80. The summed E-state index contributed by atoms with van der Waals surface area (Å²) in [6.45, 7) is 0. The molecule has 2 amide bonds. The van der Waals surface area contributed by atoms with E-state index in [-0.39, 0.29) is 11.7 Å². The number of benzene rings is 2. The lowest BCUT2D eigenvalue weighted by molar-refractivity contribution is 0.0995. The van der Waals surface area contributed by atoms with Crippen molar-refractivity contribution < 1.29 is 22.8 Å². The molecule has 0 radical (unpaired) electrons. The molecule has 9 nitrogen and oxygen atoms in total. The maximum atomic E-state index is 14.8. The molecule has 5 heterocycles. The first-order valence-corrected chi connectivity index (χ1v) is 14.7. The molecule has 214 valence electrons. The van der Waals surface area contributed by atoms with Crippen LogP contribution in [0.5, 0.6) is 0 Å². The van der Waals surface area contributed by atoms with Crippen molar-refractivity contribution in [2.75, 3.05) is 5.32 Å². The van der Waals surface area contributed by atoms with Gasteiger partial charge in [-0.25, -0.2) is 8.78 Å². The average Bonchev–Trinajstić information content (AvgIpc) is 3.71. The van der Waals surface area contributed by atoms with Crippen molar-refractivity contribution in [3.05, 3.63) is 99.2 Å². The minimum absolute atomic E-state index is 0.0509. The van der Waals surface area contributed by atoms with Crippen LogP contribution < -0.4 is 16.8 Å². The molecule has 43 heavy (non-hydrogen) atoms. The van der Waals surface area contributed by atoms with Gasteiger partial charge in [-0.15, -0.1) is 22.7 Å². The van der Waals surface area contributed by atoms with Crippen LogP contribution >= 0.6 is 38.6 Å². The van der Waals surface area contributed by atoms with Crippen LogP contribution in [0.15, 0.2) is 82.2 Å². The van der Waals surface area contributed by atoms with Crippen LogP contribution in [0.3, 0.4) is 0 Å². The van der Waals surface area contributed by atoms with E-state index >= 15 is 0 Å². The van der Waals surface area contributed by atoms with Crippen molar-refractivity contribution in [1.29, 1.82) is 0 Å². The van der Waals surface area contributed by atoms with Gasteiger partial charge in [-0.3, -0.25) is 19.6 Å². The van der Waals surface area contributed by atoms with Gasteiger partial charge in [-0.05, 0) is 57.9 Å². The number of nitrogens with zero attached hydrogens (tertiary/aromatic N) is 3. The van der Waals surface area contributed by atoms with Crippen LogP contribution in [0.1, 0.15) is 19.3 Å². The Hall–Kier alpha value is -4.79. The third-order valence-corrected chi connectivity index (χ3v) is 9.00. The number of halogens is 3. The van der Waals surface area contributed by atoms with E-state index in [1.54, 1.807) is 49.1 Å². The highest BCUT2D eigenvalue weighted by Crippen LogP contribution is 2.35. The van der Waals surface area contributed by atoms with E-state index in [2.05, 4.69) is 36.2 Å². The van der Waals surface area contributed by atoms with Crippen LogP contribution in [0, 0.1) is 11.6 Å². The summed E-state index contributed by atoms with van der Waals surface area (Å²) in [7, 11) is 0. The molecule has 2 aromatic carbocycles. The van der Waals surface area contributed by atoms with Gasteiger partial charge < -0.3 is 21.2 Å². The Kier molecular flexibility index (Phi) is 7.56. The summed E-state index contributed by atoms with van der Waals surface area (Å²) in [6.07, 6.45) is 6.66. The summed E-state index contributed by atoms with van der Waals surface area (Å²) in [5.74, 6) is -1.89.